The Hall–Kier alpha value is -2.19. The Morgan fingerprint density at radius 1 is 1.12 bits per heavy atom. The van der Waals surface area contributed by atoms with Gasteiger partial charge < -0.3 is 14.6 Å². The summed E-state index contributed by atoms with van der Waals surface area (Å²) in [5.74, 6) is 0.400. The molecule has 2 aromatic carbocycles. The Morgan fingerprint density at radius 3 is 2.79 bits per heavy atom. The zero-order valence-corrected chi connectivity index (χ0v) is 20.1. The van der Waals surface area contributed by atoms with Gasteiger partial charge in [0.25, 0.3) is 0 Å². The van der Waals surface area contributed by atoms with Crippen molar-refractivity contribution in [3.63, 3.8) is 0 Å². The fraction of sp³-hybridized carbons (Fsp3) is 0.462. The van der Waals surface area contributed by atoms with E-state index in [4.69, 9.17) is 4.42 Å². The molecule has 6 nitrogen and oxygen atoms in total. The summed E-state index contributed by atoms with van der Waals surface area (Å²) < 4.78 is 34.0. The molecule has 0 bridgehead atoms. The number of fused-ring (bicyclic) bond motifs is 2. The number of rotatable bonds is 7. The second kappa shape index (κ2) is 9.58. The first-order chi connectivity index (χ1) is 16.0. The van der Waals surface area contributed by atoms with E-state index < -0.39 is 10.0 Å². The summed E-state index contributed by atoms with van der Waals surface area (Å²) in [5, 5.41) is 4.53. The van der Waals surface area contributed by atoms with Crippen LogP contribution in [-0.2, 0) is 29.4 Å². The van der Waals surface area contributed by atoms with Gasteiger partial charge in [-0.25, -0.2) is 12.7 Å². The maximum atomic E-state index is 13.4. The average molecular weight is 468 g/mol. The van der Waals surface area contributed by atoms with Crippen molar-refractivity contribution in [2.24, 2.45) is 5.92 Å². The fourth-order valence-corrected chi connectivity index (χ4v) is 6.80. The van der Waals surface area contributed by atoms with Crippen LogP contribution in [0, 0.1) is 5.92 Å². The molecule has 33 heavy (non-hydrogen) atoms. The van der Waals surface area contributed by atoms with E-state index in [1.54, 1.807) is 17.4 Å². The molecule has 3 aromatic rings. The summed E-state index contributed by atoms with van der Waals surface area (Å²) in [5.41, 5.74) is 4.31. The van der Waals surface area contributed by atoms with E-state index in [0.717, 1.165) is 75.1 Å². The monoisotopic (exact) mass is 467 g/mol. The second-order valence-corrected chi connectivity index (χ2v) is 11.4. The van der Waals surface area contributed by atoms with E-state index in [-0.39, 0.29) is 0 Å². The summed E-state index contributed by atoms with van der Waals surface area (Å²) in [6, 6.07) is 13.9. The number of hydrogen-bond acceptors (Lipinski definition) is 5. The van der Waals surface area contributed by atoms with Crippen LogP contribution >= 0.6 is 0 Å². The van der Waals surface area contributed by atoms with Gasteiger partial charge in [-0.2, -0.15) is 0 Å². The highest BCUT2D eigenvalue weighted by Gasteiger charge is 2.29. The standard InChI is InChI=1S/C26H33N3O3S/c1-28(33(30,31)26-8-4-5-21-17-27-13-9-24(21)26)18-20-10-14-29(15-11-20)16-12-22-19-32-25-7-3-2-6-23(22)25/h2-8,19-20,27H,9-18H2,1H3. The molecule has 5 rings (SSSR count). The van der Waals surface area contributed by atoms with Crippen molar-refractivity contribution < 1.29 is 12.8 Å². The van der Waals surface area contributed by atoms with Gasteiger partial charge in [-0.05, 0) is 80.1 Å². The van der Waals surface area contributed by atoms with Crippen LogP contribution in [-0.4, -0.2) is 57.4 Å². The van der Waals surface area contributed by atoms with Crippen LogP contribution < -0.4 is 5.32 Å². The first kappa shape index (κ1) is 22.6. The first-order valence-electron chi connectivity index (χ1n) is 12.0. The molecule has 3 heterocycles. The van der Waals surface area contributed by atoms with Gasteiger partial charge >= 0.3 is 0 Å². The van der Waals surface area contributed by atoms with Crippen LogP contribution in [0.3, 0.4) is 0 Å². The molecule has 0 amide bonds. The third-order valence-corrected chi connectivity index (χ3v) is 9.17. The molecule has 0 radical (unpaired) electrons. The highest BCUT2D eigenvalue weighted by Crippen LogP contribution is 2.27. The molecule has 1 aromatic heterocycles. The summed E-state index contributed by atoms with van der Waals surface area (Å²) in [4.78, 5) is 2.99. The largest absolute Gasteiger partial charge is 0.464 e. The van der Waals surface area contributed by atoms with Crippen molar-refractivity contribution in [2.45, 2.75) is 37.1 Å². The molecule has 176 valence electrons. The molecule has 2 aliphatic heterocycles. The molecular formula is C26H33N3O3S. The molecule has 2 aliphatic rings. The summed E-state index contributed by atoms with van der Waals surface area (Å²) in [7, 11) is -1.73. The van der Waals surface area contributed by atoms with Gasteiger partial charge in [0.15, 0.2) is 0 Å². The number of benzene rings is 2. The smallest absolute Gasteiger partial charge is 0.243 e. The third-order valence-electron chi connectivity index (χ3n) is 7.27. The predicted molar refractivity (Wildman–Crippen MR) is 131 cm³/mol. The predicted octanol–water partition coefficient (Wildman–Crippen LogP) is 3.65. The minimum atomic E-state index is -3.47. The number of nitrogens with zero attached hydrogens (tertiary/aromatic N) is 2. The van der Waals surface area contributed by atoms with Crippen LogP contribution in [0.25, 0.3) is 11.0 Å². The van der Waals surface area contributed by atoms with Gasteiger partial charge in [-0.3, -0.25) is 0 Å². The Balaban J connectivity index is 1.16. The van der Waals surface area contributed by atoms with E-state index in [0.29, 0.717) is 17.4 Å². The summed E-state index contributed by atoms with van der Waals surface area (Å²) in [6.45, 7) is 5.20. The minimum absolute atomic E-state index is 0.400. The maximum Gasteiger partial charge on any atom is 0.243 e. The number of para-hydroxylation sites is 1. The van der Waals surface area contributed by atoms with Crippen LogP contribution in [0.4, 0.5) is 0 Å². The second-order valence-electron chi connectivity index (χ2n) is 9.40. The quantitative estimate of drug-likeness (QED) is 0.575. The zero-order valence-electron chi connectivity index (χ0n) is 19.3. The lowest BCUT2D eigenvalue weighted by Gasteiger charge is -2.34. The first-order valence-corrected chi connectivity index (χ1v) is 13.4. The van der Waals surface area contributed by atoms with E-state index in [9.17, 15) is 8.42 Å². The van der Waals surface area contributed by atoms with E-state index in [1.807, 2.05) is 30.5 Å². The number of likely N-dealkylation sites (tertiary alicyclic amines) is 1. The molecule has 0 saturated carbocycles. The Bertz CT molecular complexity index is 1210. The van der Waals surface area contributed by atoms with Gasteiger partial charge in [-0.15, -0.1) is 0 Å². The van der Waals surface area contributed by atoms with Crippen molar-refractivity contribution in [1.82, 2.24) is 14.5 Å². The number of nitrogens with one attached hydrogen (secondary N) is 1. The van der Waals surface area contributed by atoms with Crippen molar-refractivity contribution in [3.05, 3.63) is 65.4 Å². The highest BCUT2D eigenvalue weighted by molar-refractivity contribution is 7.89. The molecule has 1 N–H and O–H groups in total. The molecule has 7 heteroatoms. The van der Waals surface area contributed by atoms with Crippen molar-refractivity contribution >= 4 is 21.0 Å². The molecule has 0 atom stereocenters. The van der Waals surface area contributed by atoms with Gasteiger partial charge in [0.05, 0.1) is 11.2 Å². The highest BCUT2D eigenvalue weighted by atomic mass is 32.2. The van der Waals surface area contributed by atoms with Crippen molar-refractivity contribution in [3.8, 4) is 0 Å². The number of hydrogen-bond donors (Lipinski definition) is 1. The summed E-state index contributed by atoms with van der Waals surface area (Å²) in [6.07, 6.45) is 5.69. The molecule has 1 saturated heterocycles. The lowest BCUT2D eigenvalue weighted by molar-refractivity contribution is 0.174. The normalized spacial score (nSPS) is 18.1. The van der Waals surface area contributed by atoms with Crippen LogP contribution in [0.2, 0.25) is 0 Å². The molecule has 0 spiro atoms. The van der Waals surface area contributed by atoms with Crippen LogP contribution in [0.1, 0.15) is 29.5 Å². The summed E-state index contributed by atoms with van der Waals surface area (Å²) >= 11 is 0. The van der Waals surface area contributed by atoms with E-state index in [2.05, 4.69) is 22.3 Å². The van der Waals surface area contributed by atoms with Crippen LogP contribution in [0.15, 0.2) is 58.0 Å². The van der Waals surface area contributed by atoms with Gasteiger partial charge in [0.1, 0.15) is 5.58 Å². The Labute approximate surface area is 196 Å². The van der Waals surface area contributed by atoms with Gasteiger partial charge in [0.2, 0.25) is 10.0 Å². The Morgan fingerprint density at radius 2 is 1.94 bits per heavy atom. The van der Waals surface area contributed by atoms with Gasteiger partial charge in [-0.1, -0.05) is 30.3 Å². The lowest BCUT2D eigenvalue weighted by Crippen LogP contribution is -2.40. The molecular weight excluding hydrogens is 434 g/mol. The Kier molecular flexibility index (Phi) is 6.56. The van der Waals surface area contributed by atoms with E-state index >= 15 is 0 Å². The van der Waals surface area contributed by atoms with Crippen LogP contribution in [0.5, 0.6) is 0 Å². The fourth-order valence-electron chi connectivity index (χ4n) is 5.27. The number of sulfonamides is 1. The molecule has 1 fully saturated rings. The zero-order chi connectivity index (χ0) is 22.8. The van der Waals surface area contributed by atoms with Crippen molar-refractivity contribution in [1.29, 1.82) is 0 Å². The SMILES string of the molecule is CN(CC1CCN(CCc2coc3ccccc23)CC1)S(=O)(=O)c1cccc2c1CCNC2. The maximum absolute atomic E-state index is 13.4. The molecule has 0 unspecified atom stereocenters. The lowest BCUT2D eigenvalue weighted by atomic mass is 9.96. The minimum Gasteiger partial charge on any atom is -0.464 e. The number of piperidine rings is 1. The third kappa shape index (κ3) is 4.73. The molecule has 0 aliphatic carbocycles. The van der Waals surface area contributed by atoms with Gasteiger partial charge in [0, 0.05) is 32.1 Å². The topological polar surface area (TPSA) is 65.8 Å². The number of furan rings is 1. The van der Waals surface area contributed by atoms with Crippen molar-refractivity contribution in [2.75, 3.05) is 39.8 Å². The van der Waals surface area contributed by atoms with E-state index in [1.165, 1.54) is 10.9 Å². The average Bonchev–Trinajstić information content (AvgIpc) is 3.26.